The fourth-order valence-electron chi connectivity index (χ4n) is 0.767. The summed E-state index contributed by atoms with van der Waals surface area (Å²) in [7, 11) is 0. The van der Waals surface area contributed by atoms with Crippen LogP contribution in [0.5, 0.6) is 0 Å². The summed E-state index contributed by atoms with van der Waals surface area (Å²) >= 11 is 6.74. The molecule has 1 atom stereocenters. The Morgan fingerprint density at radius 2 is 2.27 bits per heavy atom. The Morgan fingerprint density at radius 3 is 2.73 bits per heavy atom. The van der Waals surface area contributed by atoms with E-state index in [0.29, 0.717) is 10.7 Å². The number of hydrogen-bond acceptors (Lipinski definition) is 3. The molecule has 1 aromatic rings. The number of aromatic nitrogens is 1. The van der Waals surface area contributed by atoms with Crippen molar-refractivity contribution in [2.75, 3.05) is 0 Å². The van der Waals surface area contributed by atoms with Gasteiger partial charge in [-0.2, -0.15) is 13.2 Å². The molecule has 2 nitrogen and oxygen atoms in total. The second-order valence-corrected chi connectivity index (χ2v) is 4.07. The van der Waals surface area contributed by atoms with Crippen molar-refractivity contribution >= 4 is 22.9 Å². The van der Waals surface area contributed by atoms with E-state index in [0.717, 1.165) is 6.92 Å². The number of rotatable bonds is 4. The maximum Gasteiger partial charge on any atom is 0.414 e. The van der Waals surface area contributed by atoms with Gasteiger partial charge < -0.3 is 4.74 Å². The van der Waals surface area contributed by atoms with E-state index in [1.165, 1.54) is 11.3 Å². The zero-order valence-corrected chi connectivity index (χ0v) is 9.42. The molecule has 7 heteroatoms. The topological polar surface area (TPSA) is 22.1 Å². The Morgan fingerprint density at radius 1 is 1.60 bits per heavy atom. The summed E-state index contributed by atoms with van der Waals surface area (Å²) in [6.45, 7) is 0.832. The van der Waals surface area contributed by atoms with Gasteiger partial charge in [-0.1, -0.05) is 0 Å². The number of nitrogens with zero attached hydrogens (tertiary/aromatic N) is 1. The first-order chi connectivity index (χ1) is 6.93. The molecule has 1 rings (SSSR count). The van der Waals surface area contributed by atoms with Crippen molar-refractivity contribution in [3.8, 4) is 0 Å². The minimum Gasteiger partial charge on any atom is -0.362 e. The molecule has 1 heterocycles. The van der Waals surface area contributed by atoms with Gasteiger partial charge in [0.2, 0.25) is 0 Å². The van der Waals surface area contributed by atoms with Gasteiger partial charge in [0.05, 0.1) is 18.2 Å². The average Bonchev–Trinajstić information content (AvgIpc) is 2.60. The lowest BCUT2D eigenvalue weighted by Crippen LogP contribution is -2.28. The molecule has 0 aromatic carbocycles. The van der Waals surface area contributed by atoms with Crippen molar-refractivity contribution < 1.29 is 17.9 Å². The molecule has 1 aromatic heterocycles. The SMILES string of the molecule is CC(OCc1nc(CCl)cs1)C(F)(F)F. The molecule has 86 valence electrons. The molecular formula is C8H9ClF3NOS. The summed E-state index contributed by atoms with van der Waals surface area (Å²) in [4.78, 5) is 3.98. The van der Waals surface area contributed by atoms with Crippen molar-refractivity contribution in [3.63, 3.8) is 0 Å². The number of thiazole rings is 1. The molecule has 0 aliphatic heterocycles. The number of ether oxygens (including phenoxy) is 1. The van der Waals surface area contributed by atoms with E-state index in [-0.39, 0.29) is 12.5 Å². The van der Waals surface area contributed by atoms with Crippen LogP contribution in [0.15, 0.2) is 5.38 Å². The first kappa shape index (κ1) is 12.7. The third kappa shape index (κ3) is 3.96. The van der Waals surface area contributed by atoms with Crippen LogP contribution in [0.3, 0.4) is 0 Å². The van der Waals surface area contributed by atoms with Crippen molar-refractivity contribution in [1.82, 2.24) is 4.98 Å². The lowest BCUT2D eigenvalue weighted by atomic mass is 10.4. The highest BCUT2D eigenvalue weighted by Gasteiger charge is 2.36. The van der Waals surface area contributed by atoms with E-state index in [4.69, 9.17) is 11.6 Å². The number of alkyl halides is 4. The fraction of sp³-hybridized carbons (Fsp3) is 0.625. The van der Waals surface area contributed by atoms with Crippen LogP contribution >= 0.6 is 22.9 Å². The van der Waals surface area contributed by atoms with E-state index in [9.17, 15) is 13.2 Å². The van der Waals surface area contributed by atoms with Gasteiger partial charge in [0.15, 0.2) is 6.10 Å². The summed E-state index contributed by atoms with van der Waals surface area (Å²) in [6, 6.07) is 0. The Bertz CT molecular complexity index is 315. The van der Waals surface area contributed by atoms with Crippen LogP contribution in [-0.4, -0.2) is 17.3 Å². The van der Waals surface area contributed by atoms with Gasteiger partial charge in [-0.3, -0.25) is 0 Å². The van der Waals surface area contributed by atoms with Crippen molar-refractivity contribution in [3.05, 3.63) is 16.1 Å². The molecule has 0 saturated heterocycles. The maximum absolute atomic E-state index is 12.1. The van der Waals surface area contributed by atoms with Gasteiger partial charge in [-0.15, -0.1) is 22.9 Å². The molecule has 0 aliphatic rings. The van der Waals surface area contributed by atoms with Crippen LogP contribution in [0.2, 0.25) is 0 Å². The number of hydrogen-bond donors (Lipinski definition) is 0. The zero-order chi connectivity index (χ0) is 11.5. The van der Waals surface area contributed by atoms with E-state index < -0.39 is 12.3 Å². The third-order valence-electron chi connectivity index (χ3n) is 1.65. The molecular weight excluding hydrogens is 251 g/mol. The van der Waals surface area contributed by atoms with Gasteiger partial charge in [0.1, 0.15) is 5.01 Å². The fourth-order valence-corrected chi connectivity index (χ4v) is 1.71. The normalized spacial score (nSPS) is 14.2. The predicted molar refractivity (Wildman–Crippen MR) is 52.0 cm³/mol. The lowest BCUT2D eigenvalue weighted by Gasteiger charge is -2.15. The highest BCUT2D eigenvalue weighted by molar-refractivity contribution is 7.09. The molecule has 0 spiro atoms. The summed E-state index contributed by atoms with van der Waals surface area (Å²) in [5, 5.41) is 2.20. The molecule has 1 unspecified atom stereocenters. The third-order valence-corrected chi connectivity index (χ3v) is 2.80. The van der Waals surface area contributed by atoms with Crippen LogP contribution in [0.25, 0.3) is 0 Å². The van der Waals surface area contributed by atoms with Crippen LogP contribution < -0.4 is 0 Å². The first-order valence-electron chi connectivity index (χ1n) is 4.11. The van der Waals surface area contributed by atoms with Crippen LogP contribution in [0.4, 0.5) is 13.2 Å². The highest BCUT2D eigenvalue weighted by Crippen LogP contribution is 2.23. The monoisotopic (exact) mass is 259 g/mol. The van der Waals surface area contributed by atoms with Gasteiger partial charge >= 0.3 is 6.18 Å². The molecule has 0 bridgehead atoms. The van der Waals surface area contributed by atoms with Crippen molar-refractivity contribution in [1.29, 1.82) is 0 Å². The maximum atomic E-state index is 12.1. The molecule has 0 fully saturated rings. The van der Waals surface area contributed by atoms with E-state index >= 15 is 0 Å². The molecule has 15 heavy (non-hydrogen) atoms. The Hall–Kier alpha value is -0.330. The standard InChI is InChI=1S/C8H9ClF3NOS/c1-5(8(10,11)12)14-3-7-13-6(2-9)4-15-7/h4-5H,2-3H2,1H3. The predicted octanol–water partition coefficient (Wildman–Crippen LogP) is 3.35. The molecule has 0 saturated carbocycles. The van der Waals surface area contributed by atoms with Crippen LogP contribution in [0.1, 0.15) is 17.6 Å². The molecule has 0 radical (unpaired) electrons. The summed E-state index contributed by atoms with van der Waals surface area (Å²) < 4.78 is 40.8. The van der Waals surface area contributed by atoms with Crippen molar-refractivity contribution in [2.24, 2.45) is 0 Å². The minimum atomic E-state index is -4.33. The smallest absolute Gasteiger partial charge is 0.362 e. The van der Waals surface area contributed by atoms with Gasteiger partial charge in [0.25, 0.3) is 0 Å². The summed E-state index contributed by atoms with van der Waals surface area (Å²) in [6.07, 6.45) is -6.10. The molecule has 0 N–H and O–H groups in total. The Kier molecular flexibility index (Phi) is 4.36. The number of halogens is 4. The van der Waals surface area contributed by atoms with Crippen molar-refractivity contribution in [2.45, 2.75) is 31.7 Å². The average molecular weight is 260 g/mol. The van der Waals surface area contributed by atoms with Gasteiger partial charge in [-0.25, -0.2) is 4.98 Å². The Balaban J connectivity index is 2.43. The summed E-state index contributed by atoms with van der Waals surface area (Å²) in [5.41, 5.74) is 0.653. The van der Waals surface area contributed by atoms with E-state index in [1.54, 1.807) is 5.38 Å². The second-order valence-electron chi connectivity index (χ2n) is 2.86. The minimum absolute atomic E-state index is 0.137. The largest absolute Gasteiger partial charge is 0.414 e. The molecule has 0 amide bonds. The Labute approximate surface area is 94.0 Å². The summed E-state index contributed by atoms with van der Waals surface area (Å²) in [5.74, 6) is 0.255. The highest BCUT2D eigenvalue weighted by atomic mass is 35.5. The first-order valence-corrected chi connectivity index (χ1v) is 5.52. The van der Waals surface area contributed by atoms with Crippen LogP contribution in [-0.2, 0) is 17.2 Å². The van der Waals surface area contributed by atoms with Crippen LogP contribution in [0, 0.1) is 0 Å². The quantitative estimate of drug-likeness (QED) is 0.774. The van der Waals surface area contributed by atoms with E-state index in [2.05, 4.69) is 9.72 Å². The zero-order valence-electron chi connectivity index (χ0n) is 7.84. The van der Waals surface area contributed by atoms with Gasteiger partial charge in [-0.05, 0) is 6.92 Å². The lowest BCUT2D eigenvalue weighted by molar-refractivity contribution is -0.217. The molecule has 0 aliphatic carbocycles. The second kappa shape index (κ2) is 5.14. The van der Waals surface area contributed by atoms with Gasteiger partial charge in [0, 0.05) is 5.38 Å². The van der Waals surface area contributed by atoms with E-state index in [1.807, 2.05) is 0 Å².